The Kier molecular flexibility index (Phi) is 3.44. The van der Waals surface area contributed by atoms with Crippen LogP contribution in [0.3, 0.4) is 0 Å². The Morgan fingerprint density at radius 3 is 2.33 bits per heavy atom. The fourth-order valence-electron chi connectivity index (χ4n) is 2.69. The van der Waals surface area contributed by atoms with E-state index >= 15 is 0 Å². The molecule has 3 aromatic carbocycles. The van der Waals surface area contributed by atoms with Crippen LogP contribution in [0.4, 0.5) is 0 Å². The van der Waals surface area contributed by atoms with Crippen LogP contribution in [0.1, 0.15) is 15.9 Å². The number of fused-ring (bicyclic) bond motifs is 1. The fraction of sp³-hybridized carbons (Fsp3) is 0.105. The lowest BCUT2D eigenvalue weighted by atomic mass is 9.92. The number of hydrogen-bond acceptors (Lipinski definition) is 2. The zero-order chi connectivity index (χ0) is 14.8. The summed E-state index contributed by atoms with van der Waals surface area (Å²) in [4.78, 5) is 12.3. The van der Waals surface area contributed by atoms with Gasteiger partial charge in [-0.1, -0.05) is 60.7 Å². The van der Waals surface area contributed by atoms with Crippen molar-refractivity contribution >= 4 is 16.7 Å². The lowest BCUT2D eigenvalue weighted by Crippen LogP contribution is -2.05. The molecule has 0 aliphatic rings. The monoisotopic (exact) mass is 276 g/mol. The topological polar surface area (TPSA) is 26.3 Å². The predicted octanol–water partition coefficient (Wildman–Crippen LogP) is 4.60. The molecule has 2 heteroatoms. The van der Waals surface area contributed by atoms with Crippen molar-refractivity contribution in [2.75, 3.05) is 7.11 Å². The number of carbonyl (C=O) groups is 1. The molecule has 3 rings (SSSR count). The van der Waals surface area contributed by atoms with Crippen molar-refractivity contribution < 1.29 is 9.53 Å². The van der Waals surface area contributed by atoms with Gasteiger partial charge in [-0.25, -0.2) is 4.79 Å². The van der Waals surface area contributed by atoms with E-state index in [1.165, 1.54) is 7.11 Å². The van der Waals surface area contributed by atoms with E-state index in [9.17, 15) is 4.79 Å². The molecule has 21 heavy (non-hydrogen) atoms. The van der Waals surface area contributed by atoms with Crippen LogP contribution in [0.2, 0.25) is 0 Å². The van der Waals surface area contributed by atoms with E-state index in [1.54, 1.807) is 0 Å². The van der Waals surface area contributed by atoms with E-state index < -0.39 is 0 Å². The SMILES string of the molecule is COC(=O)c1c(-c2ccccc2C)ccc2ccccc12. The molecular formula is C19H16O2. The molecule has 3 aromatic rings. The summed E-state index contributed by atoms with van der Waals surface area (Å²) >= 11 is 0. The van der Waals surface area contributed by atoms with Crippen LogP contribution in [0.5, 0.6) is 0 Å². The first-order valence-electron chi connectivity index (χ1n) is 6.88. The van der Waals surface area contributed by atoms with Crippen molar-refractivity contribution in [1.29, 1.82) is 0 Å². The quantitative estimate of drug-likeness (QED) is 0.639. The maximum Gasteiger partial charge on any atom is 0.339 e. The van der Waals surface area contributed by atoms with E-state index in [4.69, 9.17) is 4.74 Å². The van der Waals surface area contributed by atoms with Gasteiger partial charge in [-0.3, -0.25) is 0 Å². The Hall–Kier alpha value is -2.61. The second kappa shape index (κ2) is 5.41. The van der Waals surface area contributed by atoms with E-state index in [0.29, 0.717) is 5.56 Å². The summed E-state index contributed by atoms with van der Waals surface area (Å²) < 4.78 is 5.01. The first-order chi connectivity index (χ1) is 10.2. The molecular weight excluding hydrogens is 260 g/mol. The normalized spacial score (nSPS) is 10.6. The number of hydrogen-bond donors (Lipinski definition) is 0. The van der Waals surface area contributed by atoms with Crippen molar-refractivity contribution in [3.8, 4) is 11.1 Å². The molecule has 0 unspecified atom stereocenters. The number of aryl methyl sites for hydroxylation is 1. The lowest BCUT2D eigenvalue weighted by molar-refractivity contribution is 0.0604. The standard InChI is InChI=1S/C19H16O2/c1-13-7-3-5-9-15(13)17-12-11-14-8-4-6-10-16(14)18(17)19(20)21-2/h3-12H,1-2H3. The largest absolute Gasteiger partial charge is 0.465 e. The van der Waals surface area contributed by atoms with Crippen LogP contribution in [0.15, 0.2) is 60.7 Å². The van der Waals surface area contributed by atoms with Crippen LogP contribution in [-0.4, -0.2) is 13.1 Å². The second-order valence-electron chi connectivity index (χ2n) is 5.02. The smallest absolute Gasteiger partial charge is 0.339 e. The average molecular weight is 276 g/mol. The molecule has 0 atom stereocenters. The number of benzene rings is 3. The number of esters is 1. The van der Waals surface area contributed by atoms with Gasteiger partial charge in [-0.15, -0.1) is 0 Å². The Morgan fingerprint density at radius 2 is 1.57 bits per heavy atom. The Labute approximate surface area is 124 Å². The van der Waals surface area contributed by atoms with E-state index in [2.05, 4.69) is 0 Å². The van der Waals surface area contributed by atoms with E-state index in [-0.39, 0.29) is 5.97 Å². The minimum absolute atomic E-state index is 0.301. The molecule has 0 aliphatic heterocycles. The van der Waals surface area contributed by atoms with Crippen molar-refractivity contribution in [1.82, 2.24) is 0 Å². The van der Waals surface area contributed by atoms with Gasteiger partial charge in [0.05, 0.1) is 12.7 Å². The molecule has 0 saturated carbocycles. The lowest BCUT2D eigenvalue weighted by Gasteiger charge is -2.13. The molecule has 0 bridgehead atoms. The van der Waals surface area contributed by atoms with Gasteiger partial charge < -0.3 is 4.74 Å². The van der Waals surface area contributed by atoms with Crippen molar-refractivity contribution in [2.24, 2.45) is 0 Å². The molecule has 0 aliphatic carbocycles. The highest BCUT2D eigenvalue weighted by molar-refractivity contribution is 6.10. The molecule has 2 nitrogen and oxygen atoms in total. The maximum atomic E-state index is 12.3. The van der Waals surface area contributed by atoms with Crippen LogP contribution in [0, 0.1) is 6.92 Å². The minimum Gasteiger partial charge on any atom is -0.465 e. The highest BCUT2D eigenvalue weighted by Crippen LogP contribution is 2.32. The fourth-order valence-corrected chi connectivity index (χ4v) is 2.69. The number of rotatable bonds is 2. The molecule has 0 N–H and O–H groups in total. The highest BCUT2D eigenvalue weighted by Gasteiger charge is 2.17. The maximum absolute atomic E-state index is 12.3. The molecule has 0 aromatic heterocycles. The highest BCUT2D eigenvalue weighted by atomic mass is 16.5. The number of carbonyl (C=O) groups excluding carboxylic acids is 1. The summed E-state index contributed by atoms with van der Waals surface area (Å²) in [6.45, 7) is 2.05. The first kappa shape index (κ1) is 13.4. The number of methoxy groups -OCH3 is 1. The number of ether oxygens (including phenoxy) is 1. The van der Waals surface area contributed by atoms with Crippen LogP contribution in [0.25, 0.3) is 21.9 Å². The third kappa shape index (κ3) is 2.29. The molecule has 104 valence electrons. The van der Waals surface area contributed by atoms with Gasteiger partial charge in [0.2, 0.25) is 0 Å². The van der Waals surface area contributed by atoms with Crippen molar-refractivity contribution in [3.63, 3.8) is 0 Å². The molecule has 0 spiro atoms. The molecule has 0 fully saturated rings. The van der Waals surface area contributed by atoms with Gasteiger partial charge in [-0.2, -0.15) is 0 Å². The van der Waals surface area contributed by atoms with Crippen molar-refractivity contribution in [2.45, 2.75) is 6.92 Å². The summed E-state index contributed by atoms with van der Waals surface area (Å²) in [6.07, 6.45) is 0. The zero-order valence-corrected chi connectivity index (χ0v) is 12.1. The van der Waals surface area contributed by atoms with Crippen LogP contribution in [-0.2, 0) is 4.74 Å². The minimum atomic E-state index is -0.301. The summed E-state index contributed by atoms with van der Waals surface area (Å²) in [7, 11) is 1.42. The molecule has 0 saturated heterocycles. The molecule has 0 heterocycles. The van der Waals surface area contributed by atoms with Gasteiger partial charge in [-0.05, 0) is 34.4 Å². The van der Waals surface area contributed by atoms with Gasteiger partial charge >= 0.3 is 5.97 Å². The van der Waals surface area contributed by atoms with Crippen LogP contribution < -0.4 is 0 Å². The summed E-state index contributed by atoms with van der Waals surface area (Å²) in [5, 5.41) is 1.96. The van der Waals surface area contributed by atoms with E-state index in [0.717, 1.165) is 27.5 Å². The predicted molar refractivity (Wildman–Crippen MR) is 85.5 cm³/mol. The third-order valence-corrected chi connectivity index (χ3v) is 3.75. The van der Waals surface area contributed by atoms with Crippen molar-refractivity contribution in [3.05, 3.63) is 71.8 Å². The van der Waals surface area contributed by atoms with Gasteiger partial charge in [0.1, 0.15) is 0 Å². The molecule has 0 radical (unpaired) electrons. The summed E-state index contributed by atoms with van der Waals surface area (Å²) in [5.41, 5.74) is 3.74. The van der Waals surface area contributed by atoms with Crippen LogP contribution >= 0.6 is 0 Å². The summed E-state index contributed by atoms with van der Waals surface area (Å²) in [6, 6.07) is 20.0. The Bertz CT molecular complexity index is 819. The first-order valence-corrected chi connectivity index (χ1v) is 6.88. The Morgan fingerprint density at radius 1 is 0.857 bits per heavy atom. The van der Waals surface area contributed by atoms with Gasteiger partial charge in [0.25, 0.3) is 0 Å². The second-order valence-corrected chi connectivity index (χ2v) is 5.02. The molecule has 0 amide bonds. The zero-order valence-electron chi connectivity index (χ0n) is 12.1. The third-order valence-electron chi connectivity index (χ3n) is 3.75. The average Bonchev–Trinajstić information content (AvgIpc) is 2.53. The van der Waals surface area contributed by atoms with Gasteiger partial charge in [0.15, 0.2) is 0 Å². The Balaban J connectivity index is 2.38. The van der Waals surface area contributed by atoms with E-state index in [1.807, 2.05) is 67.6 Å². The summed E-state index contributed by atoms with van der Waals surface area (Å²) in [5.74, 6) is -0.301. The van der Waals surface area contributed by atoms with Gasteiger partial charge in [0, 0.05) is 0 Å².